The Labute approximate surface area is 107 Å². The zero-order valence-corrected chi connectivity index (χ0v) is 9.80. The van der Waals surface area contributed by atoms with Crippen LogP contribution in [0.1, 0.15) is 10.5 Å². The first kappa shape index (κ1) is 12.7. The molecule has 10 heteroatoms. The van der Waals surface area contributed by atoms with Gasteiger partial charge in [-0.25, -0.2) is 19.1 Å². The van der Waals surface area contributed by atoms with Gasteiger partial charge in [0.05, 0.1) is 12.7 Å². The van der Waals surface area contributed by atoms with Crippen molar-refractivity contribution < 1.29 is 14.7 Å². The zero-order valence-electron chi connectivity index (χ0n) is 9.80. The summed E-state index contributed by atoms with van der Waals surface area (Å²) in [6, 6.07) is 0. The molecule has 0 aliphatic carbocycles. The number of carbonyl (C=O) groups excluding carboxylic acids is 1. The third-order valence-corrected chi connectivity index (χ3v) is 2.19. The highest BCUT2D eigenvalue weighted by Gasteiger charge is 2.08. The highest BCUT2D eigenvalue weighted by Crippen LogP contribution is 1.91. The van der Waals surface area contributed by atoms with Crippen LogP contribution in [0, 0.1) is 0 Å². The fraction of sp³-hybridized carbons (Fsp3) is 0.333. The minimum Gasteiger partial charge on any atom is -0.476 e. The summed E-state index contributed by atoms with van der Waals surface area (Å²) in [6.45, 7) is 0.733. The van der Waals surface area contributed by atoms with Gasteiger partial charge in [-0.05, 0) is 0 Å². The van der Waals surface area contributed by atoms with E-state index >= 15 is 0 Å². The molecule has 2 N–H and O–H groups in total. The van der Waals surface area contributed by atoms with E-state index in [4.69, 9.17) is 5.11 Å². The molecule has 0 saturated carbocycles. The van der Waals surface area contributed by atoms with E-state index in [-0.39, 0.29) is 18.1 Å². The fourth-order valence-corrected chi connectivity index (χ4v) is 1.33. The Morgan fingerprint density at radius 2 is 2.21 bits per heavy atom. The van der Waals surface area contributed by atoms with E-state index in [1.807, 2.05) is 0 Å². The van der Waals surface area contributed by atoms with E-state index in [2.05, 4.69) is 25.7 Å². The second kappa shape index (κ2) is 5.71. The first-order chi connectivity index (χ1) is 9.15. The molecule has 2 aromatic rings. The van der Waals surface area contributed by atoms with Gasteiger partial charge in [0.2, 0.25) is 5.91 Å². The van der Waals surface area contributed by atoms with E-state index in [0.717, 1.165) is 0 Å². The van der Waals surface area contributed by atoms with Crippen LogP contribution >= 0.6 is 0 Å². The highest BCUT2D eigenvalue weighted by atomic mass is 16.4. The molecule has 1 amide bonds. The van der Waals surface area contributed by atoms with Crippen molar-refractivity contribution in [3.05, 3.63) is 24.5 Å². The Bertz CT molecular complexity index is 562. The van der Waals surface area contributed by atoms with Crippen LogP contribution in [0.4, 0.5) is 0 Å². The Balaban J connectivity index is 1.73. The van der Waals surface area contributed by atoms with Crippen molar-refractivity contribution in [2.75, 3.05) is 6.54 Å². The summed E-state index contributed by atoms with van der Waals surface area (Å²) in [7, 11) is 0. The third kappa shape index (κ3) is 3.59. The lowest BCUT2D eigenvalue weighted by molar-refractivity contribution is -0.121. The normalized spacial score (nSPS) is 10.3. The molecule has 0 radical (unpaired) electrons. The van der Waals surface area contributed by atoms with Gasteiger partial charge in [-0.1, -0.05) is 5.21 Å². The molecule has 19 heavy (non-hydrogen) atoms. The van der Waals surface area contributed by atoms with Crippen LogP contribution in [0.3, 0.4) is 0 Å². The quantitative estimate of drug-likeness (QED) is 0.642. The third-order valence-electron chi connectivity index (χ3n) is 2.19. The molecule has 0 unspecified atom stereocenters. The molecule has 0 aliphatic rings. The van der Waals surface area contributed by atoms with Crippen LogP contribution in [0.25, 0.3) is 0 Å². The SMILES string of the molecule is O=C(Cn1cncn1)NCCn1cc(C(=O)O)nn1. The smallest absolute Gasteiger partial charge is 0.358 e. The lowest BCUT2D eigenvalue weighted by Gasteiger charge is -2.04. The van der Waals surface area contributed by atoms with Crippen LogP contribution in [0.15, 0.2) is 18.9 Å². The fourth-order valence-electron chi connectivity index (χ4n) is 1.33. The van der Waals surface area contributed by atoms with E-state index in [1.165, 1.54) is 28.2 Å². The summed E-state index contributed by atoms with van der Waals surface area (Å²) in [5.74, 6) is -1.36. The van der Waals surface area contributed by atoms with Crippen molar-refractivity contribution in [3.63, 3.8) is 0 Å². The molecule has 10 nitrogen and oxygen atoms in total. The number of carboxylic acids is 1. The number of amides is 1. The first-order valence-electron chi connectivity index (χ1n) is 5.37. The maximum atomic E-state index is 11.5. The molecule has 0 spiro atoms. The summed E-state index contributed by atoms with van der Waals surface area (Å²) in [6.07, 6.45) is 4.08. The second-order valence-electron chi connectivity index (χ2n) is 3.62. The summed E-state index contributed by atoms with van der Waals surface area (Å²) in [5, 5.41) is 22.2. The van der Waals surface area contributed by atoms with Gasteiger partial charge >= 0.3 is 5.97 Å². The van der Waals surface area contributed by atoms with Crippen molar-refractivity contribution in [2.45, 2.75) is 13.1 Å². The predicted molar refractivity (Wildman–Crippen MR) is 60.0 cm³/mol. The average Bonchev–Trinajstić information content (AvgIpc) is 3.00. The van der Waals surface area contributed by atoms with Gasteiger partial charge in [-0.3, -0.25) is 4.79 Å². The van der Waals surface area contributed by atoms with Crippen molar-refractivity contribution in [1.82, 2.24) is 35.1 Å². The lowest BCUT2D eigenvalue weighted by atomic mass is 10.5. The molecular formula is C9H11N7O3. The van der Waals surface area contributed by atoms with Crippen molar-refractivity contribution in [3.8, 4) is 0 Å². The second-order valence-corrected chi connectivity index (χ2v) is 3.62. The molecule has 0 fully saturated rings. The Morgan fingerprint density at radius 3 is 2.84 bits per heavy atom. The van der Waals surface area contributed by atoms with E-state index < -0.39 is 5.97 Å². The number of aromatic carboxylic acids is 1. The van der Waals surface area contributed by atoms with Crippen LogP contribution in [0.5, 0.6) is 0 Å². The van der Waals surface area contributed by atoms with Crippen LogP contribution in [-0.2, 0) is 17.9 Å². The van der Waals surface area contributed by atoms with E-state index in [0.29, 0.717) is 13.1 Å². The summed E-state index contributed by atoms with van der Waals surface area (Å²) < 4.78 is 2.74. The van der Waals surface area contributed by atoms with Crippen molar-refractivity contribution in [1.29, 1.82) is 0 Å². The molecule has 0 saturated heterocycles. The van der Waals surface area contributed by atoms with Crippen molar-refractivity contribution in [2.24, 2.45) is 0 Å². The number of hydrogen-bond acceptors (Lipinski definition) is 6. The topological polar surface area (TPSA) is 128 Å². The number of nitrogens with zero attached hydrogens (tertiary/aromatic N) is 6. The average molecular weight is 265 g/mol. The molecule has 100 valence electrons. The predicted octanol–water partition coefficient (Wildman–Crippen LogP) is -1.62. The summed E-state index contributed by atoms with van der Waals surface area (Å²) in [5.41, 5.74) is -0.131. The van der Waals surface area contributed by atoms with Gasteiger partial charge in [-0.15, -0.1) is 5.10 Å². The van der Waals surface area contributed by atoms with Gasteiger partial charge in [0.1, 0.15) is 19.2 Å². The standard InChI is InChI=1S/C9H11N7O3/c17-8(4-16-6-10-5-12-16)11-1-2-15-3-7(9(18)19)13-14-15/h3,5-6H,1-2,4H2,(H,11,17)(H,18,19). The molecule has 0 aliphatic heterocycles. The van der Waals surface area contributed by atoms with Crippen LogP contribution in [0.2, 0.25) is 0 Å². The lowest BCUT2D eigenvalue weighted by Crippen LogP contribution is -2.30. The Kier molecular flexibility index (Phi) is 3.81. The number of carbonyl (C=O) groups is 2. The highest BCUT2D eigenvalue weighted by molar-refractivity contribution is 5.84. The maximum absolute atomic E-state index is 11.5. The number of nitrogens with one attached hydrogen (secondary N) is 1. The molecule has 2 heterocycles. The van der Waals surface area contributed by atoms with Crippen LogP contribution in [-0.4, -0.2) is 53.3 Å². The van der Waals surface area contributed by atoms with Gasteiger partial charge in [-0.2, -0.15) is 5.10 Å². The van der Waals surface area contributed by atoms with E-state index in [1.54, 1.807) is 0 Å². The molecule has 2 rings (SSSR count). The maximum Gasteiger partial charge on any atom is 0.358 e. The van der Waals surface area contributed by atoms with Crippen LogP contribution < -0.4 is 5.32 Å². The van der Waals surface area contributed by atoms with Gasteiger partial charge in [0.15, 0.2) is 5.69 Å². The first-order valence-corrected chi connectivity index (χ1v) is 5.37. The molecule has 2 aromatic heterocycles. The monoisotopic (exact) mass is 265 g/mol. The number of rotatable bonds is 6. The van der Waals surface area contributed by atoms with Gasteiger partial charge in [0, 0.05) is 6.54 Å². The van der Waals surface area contributed by atoms with E-state index in [9.17, 15) is 9.59 Å². The Hall–Kier alpha value is -2.78. The van der Waals surface area contributed by atoms with Gasteiger partial charge in [0.25, 0.3) is 0 Å². The summed E-state index contributed by atoms with van der Waals surface area (Å²) in [4.78, 5) is 25.8. The molecule has 0 atom stereocenters. The number of carboxylic acid groups (broad SMARTS) is 1. The number of hydrogen-bond donors (Lipinski definition) is 2. The minimum atomic E-state index is -1.14. The molecule has 0 aromatic carbocycles. The Morgan fingerprint density at radius 1 is 1.37 bits per heavy atom. The number of aromatic nitrogens is 6. The van der Waals surface area contributed by atoms with Gasteiger partial charge < -0.3 is 10.4 Å². The zero-order chi connectivity index (χ0) is 13.7. The molecular weight excluding hydrogens is 254 g/mol. The minimum absolute atomic E-state index is 0.0811. The molecule has 0 bridgehead atoms. The summed E-state index contributed by atoms with van der Waals surface area (Å²) >= 11 is 0. The van der Waals surface area contributed by atoms with Crippen molar-refractivity contribution >= 4 is 11.9 Å². The largest absolute Gasteiger partial charge is 0.476 e.